The summed E-state index contributed by atoms with van der Waals surface area (Å²) in [6.07, 6.45) is 9.66. The van der Waals surface area contributed by atoms with Crippen LogP contribution in [-0.2, 0) is 0 Å². The number of hydrogen-bond donors (Lipinski definition) is 1. The maximum absolute atomic E-state index is 13.1. The summed E-state index contributed by atoms with van der Waals surface area (Å²) >= 11 is 0. The summed E-state index contributed by atoms with van der Waals surface area (Å²) < 4.78 is 1.60. The van der Waals surface area contributed by atoms with Gasteiger partial charge in [0.25, 0.3) is 11.5 Å². The maximum Gasteiger partial charge on any atom is 0.256 e. The lowest BCUT2D eigenvalue weighted by molar-refractivity contribution is 0.0943. The Bertz CT molecular complexity index is 1540. The quantitative estimate of drug-likeness (QED) is 0.397. The number of nitrogens with one attached hydrogen (secondary N) is 1. The van der Waals surface area contributed by atoms with E-state index >= 15 is 0 Å². The number of carbonyl (C=O) groups is 1. The van der Waals surface area contributed by atoms with Crippen molar-refractivity contribution in [2.45, 2.75) is 39.0 Å². The van der Waals surface area contributed by atoms with Crippen LogP contribution in [0.4, 0.5) is 11.9 Å². The monoisotopic (exact) mass is 538 g/mol. The van der Waals surface area contributed by atoms with Gasteiger partial charge < -0.3 is 15.1 Å². The second kappa shape index (κ2) is 11.4. The molecular formula is C30H34N8O2. The Morgan fingerprint density at radius 3 is 2.25 bits per heavy atom. The molecule has 3 aromatic heterocycles. The molecule has 2 fully saturated rings. The van der Waals surface area contributed by atoms with Crippen LogP contribution in [0, 0.1) is 12.8 Å². The number of aryl methyl sites for hydroxylation is 1. The Morgan fingerprint density at radius 2 is 1.55 bits per heavy atom. The third kappa shape index (κ3) is 5.38. The third-order valence-electron chi connectivity index (χ3n) is 7.99. The van der Waals surface area contributed by atoms with E-state index in [-0.39, 0.29) is 11.5 Å². The summed E-state index contributed by atoms with van der Waals surface area (Å²) in [6.45, 7) is 5.58. The van der Waals surface area contributed by atoms with Gasteiger partial charge >= 0.3 is 0 Å². The number of amides is 1. The van der Waals surface area contributed by atoms with Gasteiger partial charge in [-0.25, -0.2) is 15.0 Å². The molecule has 0 bridgehead atoms. The fraction of sp³-hybridized carbons (Fsp3) is 0.400. The highest BCUT2D eigenvalue weighted by Gasteiger charge is 2.22. The first-order chi connectivity index (χ1) is 19.6. The lowest BCUT2D eigenvalue weighted by atomic mass is 9.89. The highest BCUT2D eigenvalue weighted by molar-refractivity contribution is 5.94. The minimum atomic E-state index is -0.183. The van der Waals surface area contributed by atoms with Gasteiger partial charge in [0.15, 0.2) is 5.65 Å². The van der Waals surface area contributed by atoms with Crippen LogP contribution in [0.25, 0.3) is 16.7 Å². The Kier molecular flexibility index (Phi) is 7.39. The normalized spacial score (nSPS) is 16.3. The van der Waals surface area contributed by atoms with E-state index in [1.165, 1.54) is 32.1 Å². The van der Waals surface area contributed by atoms with E-state index in [4.69, 9.17) is 9.97 Å². The molecule has 6 rings (SSSR count). The Labute approximate surface area is 233 Å². The van der Waals surface area contributed by atoms with Crippen LogP contribution in [0.5, 0.6) is 0 Å². The van der Waals surface area contributed by atoms with E-state index in [1.807, 2.05) is 25.1 Å². The number of hydrogen-bond acceptors (Lipinski definition) is 8. The summed E-state index contributed by atoms with van der Waals surface area (Å²) in [4.78, 5) is 48.6. The lowest BCUT2D eigenvalue weighted by Crippen LogP contribution is -2.47. The molecule has 206 valence electrons. The molecule has 0 radical (unpaired) electrons. The molecule has 40 heavy (non-hydrogen) atoms. The summed E-state index contributed by atoms with van der Waals surface area (Å²) in [5, 5.41) is 3.90. The molecule has 1 amide bonds. The van der Waals surface area contributed by atoms with Gasteiger partial charge in [-0.15, -0.1) is 0 Å². The van der Waals surface area contributed by atoms with Crippen molar-refractivity contribution in [3.63, 3.8) is 0 Å². The molecule has 4 aromatic rings. The molecule has 4 heterocycles. The van der Waals surface area contributed by atoms with Crippen molar-refractivity contribution in [2.24, 2.45) is 5.92 Å². The van der Waals surface area contributed by atoms with Crippen molar-refractivity contribution in [3.8, 4) is 5.69 Å². The van der Waals surface area contributed by atoms with Crippen molar-refractivity contribution in [2.75, 3.05) is 42.5 Å². The largest absolute Gasteiger partial charge is 0.352 e. The van der Waals surface area contributed by atoms with E-state index in [9.17, 15) is 9.59 Å². The van der Waals surface area contributed by atoms with Crippen LogP contribution in [0.3, 0.4) is 0 Å². The molecule has 10 heteroatoms. The minimum Gasteiger partial charge on any atom is -0.352 e. The fourth-order valence-corrected chi connectivity index (χ4v) is 5.70. The summed E-state index contributed by atoms with van der Waals surface area (Å²) in [6, 6.07) is 12.3. The number of rotatable bonds is 6. The molecule has 1 saturated heterocycles. The standard InChI is InChI=1S/C30H34N8O2/c1-21-25-12-13-26(39)38(24-10-8-23(9-11-24)28(40)33-20-22-6-3-2-4-7-22)27(25)35-30(34-21)37-18-16-36(17-19-37)29-31-14-5-15-32-29/h5,8-15,22H,2-4,6-7,16-20H2,1H3,(H,33,40). The molecule has 10 nitrogen and oxygen atoms in total. The first kappa shape index (κ1) is 25.9. The molecular weight excluding hydrogens is 504 g/mol. The van der Waals surface area contributed by atoms with Gasteiger partial charge in [0.2, 0.25) is 11.9 Å². The van der Waals surface area contributed by atoms with Crippen LogP contribution < -0.4 is 20.7 Å². The molecule has 1 aliphatic carbocycles. The van der Waals surface area contributed by atoms with Crippen LogP contribution in [0.2, 0.25) is 0 Å². The van der Waals surface area contributed by atoms with E-state index in [1.54, 1.807) is 41.2 Å². The number of benzene rings is 1. The number of piperazine rings is 1. The van der Waals surface area contributed by atoms with Crippen molar-refractivity contribution in [1.29, 1.82) is 0 Å². The topological polar surface area (TPSA) is 109 Å². The number of fused-ring (bicyclic) bond motifs is 1. The number of carbonyl (C=O) groups excluding carboxylic acids is 1. The smallest absolute Gasteiger partial charge is 0.256 e. The number of anilines is 2. The highest BCUT2D eigenvalue weighted by Crippen LogP contribution is 2.24. The predicted molar refractivity (Wildman–Crippen MR) is 155 cm³/mol. The highest BCUT2D eigenvalue weighted by atomic mass is 16.1. The van der Waals surface area contributed by atoms with Gasteiger partial charge in [-0.1, -0.05) is 19.3 Å². The molecule has 0 spiro atoms. The Balaban J connectivity index is 1.23. The van der Waals surface area contributed by atoms with Gasteiger partial charge in [0.05, 0.1) is 11.4 Å². The van der Waals surface area contributed by atoms with Gasteiger partial charge in [-0.3, -0.25) is 14.2 Å². The third-order valence-corrected chi connectivity index (χ3v) is 7.99. The average molecular weight is 539 g/mol. The lowest BCUT2D eigenvalue weighted by Gasteiger charge is -2.34. The summed E-state index contributed by atoms with van der Waals surface area (Å²) in [7, 11) is 0. The number of aromatic nitrogens is 5. The van der Waals surface area contributed by atoms with Crippen LogP contribution >= 0.6 is 0 Å². The van der Waals surface area contributed by atoms with Gasteiger partial charge in [-0.05, 0) is 62.1 Å². The Hall–Kier alpha value is -4.34. The predicted octanol–water partition coefficient (Wildman–Crippen LogP) is 3.52. The number of pyridine rings is 1. The van der Waals surface area contributed by atoms with Crippen LogP contribution in [0.15, 0.2) is 59.7 Å². The van der Waals surface area contributed by atoms with E-state index in [2.05, 4.69) is 25.1 Å². The zero-order chi connectivity index (χ0) is 27.5. The second-order valence-corrected chi connectivity index (χ2v) is 10.6. The molecule has 0 unspecified atom stereocenters. The fourth-order valence-electron chi connectivity index (χ4n) is 5.70. The van der Waals surface area contributed by atoms with Crippen molar-refractivity contribution < 1.29 is 4.79 Å². The van der Waals surface area contributed by atoms with Crippen molar-refractivity contribution in [3.05, 3.63) is 76.5 Å². The van der Waals surface area contributed by atoms with E-state index in [0.29, 0.717) is 41.9 Å². The minimum absolute atomic E-state index is 0.0807. The van der Waals surface area contributed by atoms with E-state index < -0.39 is 0 Å². The van der Waals surface area contributed by atoms with Gasteiger partial charge in [0, 0.05) is 62.1 Å². The average Bonchev–Trinajstić information content (AvgIpc) is 3.01. The van der Waals surface area contributed by atoms with Gasteiger partial charge in [-0.2, -0.15) is 4.98 Å². The molecule has 2 aliphatic rings. The first-order valence-electron chi connectivity index (χ1n) is 14.1. The zero-order valence-corrected chi connectivity index (χ0v) is 22.8. The molecule has 1 saturated carbocycles. The first-order valence-corrected chi connectivity index (χ1v) is 14.1. The molecule has 1 aliphatic heterocycles. The second-order valence-electron chi connectivity index (χ2n) is 10.6. The molecule has 0 atom stereocenters. The molecule has 1 aromatic carbocycles. The summed E-state index contributed by atoms with van der Waals surface area (Å²) in [5.41, 5.74) is 2.42. The van der Waals surface area contributed by atoms with Crippen molar-refractivity contribution >= 4 is 28.8 Å². The molecule has 1 N–H and O–H groups in total. The van der Waals surface area contributed by atoms with Crippen LogP contribution in [-0.4, -0.2) is 63.1 Å². The Morgan fingerprint density at radius 1 is 0.875 bits per heavy atom. The van der Waals surface area contributed by atoms with E-state index in [0.717, 1.165) is 36.7 Å². The SMILES string of the molecule is Cc1nc(N2CCN(c3ncccn3)CC2)nc2c1ccc(=O)n2-c1ccc(C(=O)NCC2CCCCC2)cc1. The van der Waals surface area contributed by atoms with Crippen LogP contribution in [0.1, 0.15) is 48.2 Å². The summed E-state index contributed by atoms with van der Waals surface area (Å²) in [5.74, 6) is 1.80. The zero-order valence-electron chi connectivity index (χ0n) is 22.8. The van der Waals surface area contributed by atoms with Gasteiger partial charge in [0.1, 0.15) is 0 Å². The maximum atomic E-state index is 13.1. The number of nitrogens with zero attached hydrogens (tertiary/aromatic N) is 7. The van der Waals surface area contributed by atoms with Crippen molar-refractivity contribution in [1.82, 2.24) is 29.8 Å².